The van der Waals surface area contributed by atoms with Crippen LogP contribution in [-0.4, -0.2) is 49.4 Å². The predicted octanol–water partition coefficient (Wildman–Crippen LogP) is 4.65. The van der Waals surface area contributed by atoms with Gasteiger partial charge in [-0.2, -0.15) is 0 Å². The zero-order chi connectivity index (χ0) is 26.6. The Morgan fingerprint density at radius 1 is 0.833 bits per heavy atom. The zero-order valence-electron chi connectivity index (χ0n) is 22.2. The van der Waals surface area contributed by atoms with Gasteiger partial charge in [-0.15, -0.1) is 0 Å². The first-order chi connectivity index (χ1) is 16.8. The molecule has 0 aromatic heterocycles. The molecule has 0 heterocycles. The molecule has 0 aliphatic heterocycles. The molecule has 2 aromatic carbocycles. The van der Waals surface area contributed by atoms with Gasteiger partial charge in [0.1, 0.15) is 5.60 Å². The SMILES string of the molecule is CC(C)(C)OC(=O)NC1CCC(O[Si](c2ccccc2)(c2ccccc2)C(C)(C)C)CC1NC(=O)O. The third-order valence-electron chi connectivity index (χ3n) is 6.57. The number of hydrogen-bond donors (Lipinski definition) is 3. The summed E-state index contributed by atoms with van der Waals surface area (Å²) in [6.45, 7) is 12.1. The minimum absolute atomic E-state index is 0.176. The van der Waals surface area contributed by atoms with E-state index in [1.807, 2.05) is 36.4 Å². The van der Waals surface area contributed by atoms with E-state index in [0.717, 1.165) is 0 Å². The Kier molecular flexibility index (Phi) is 8.51. The molecule has 0 bridgehead atoms. The molecule has 0 spiro atoms. The lowest BCUT2D eigenvalue weighted by molar-refractivity contribution is 0.0434. The summed E-state index contributed by atoms with van der Waals surface area (Å²) in [5, 5.41) is 17.2. The largest absolute Gasteiger partial charge is 0.465 e. The molecular weight excluding hydrogens is 472 g/mol. The van der Waals surface area contributed by atoms with Crippen LogP contribution < -0.4 is 21.0 Å². The molecule has 1 fully saturated rings. The number of alkyl carbamates (subject to hydrolysis) is 1. The van der Waals surface area contributed by atoms with Crippen LogP contribution in [0.3, 0.4) is 0 Å². The fourth-order valence-corrected chi connectivity index (χ4v) is 9.86. The topological polar surface area (TPSA) is 96.9 Å². The van der Waals surface area contributed by atoms with Crippen LogP contribution in [-0.2, 0) is 9.16 Å². The van der Waals surface area contributed by atoms with E-state index < -0.39 is 32.1 Å². The molecule has 1 aliphatic carbocycles. The van der Waals surface area contributed by atoms with Crippen LogP contribution in [0, 0.1) is 0 Å². The fraction of sp³-hybridized carbons (Fsp3) is 0.500. The van der Waals surface area contributed by atoms with Crippen LogP contribution in [0.15, 0.2) is 60.7 Å². The minimum atomic E-state index is -2.78. The number of carbonyl (C=O) groups excluding carboxylic acids is 1. The van der Waals surface area contributed by atoms with Crippen molar-refractivity contribution in [1.82, 2.24) is 10.6 Å². The van der Waals surface area contributed by atoms with Crippen LogP contribution in [0.25, 0.3) is 0 Å². The summed E-state index contributed by atoms with van der Waals surface area (Å²) in [5.74, 6) is 0. The maximum Gasteiger partial charge on any atom is 0.407 e. The Labute approximate surface area is 215 Å². The van der Waals surface area contributed by atoms with Crippen molar-refractivity contribution in [1.29, 1.82) is 0 Å². The van der Waals surface area contributed by atoms with Crippen molar-refractivity contribution in [2.75, 3.05) is 0 Å². The van der Waals surface area contributed by atoms with Crippen molar-refractivity contribution in [3.63, 3.8) is 0 Å². The standard InChI is InChI=1S/C28H40N2O5Si/c1-27(2,3)34-26(33)30-23-18-17-20(19-24(23)29-25(31)32)35-36(28(4,5)6,21-13-9-7-10-14-21)22-15-11-8-12-16-22/h7-16,20,23-24,29H,17-19H2,1-6H3,(H,30,33)(H,31,32). The van der Waals surface area contributed by atoms with Gasteiger partial charge in [0.2, 0.25) is 0 Å². The highest BCUT2D eigenvalue weighted by atomic mass is 28.4. The zero-order valence-corrected chi connectivity index (χ0v) is 23.2. The summed E-state index contributed by atoms with van der Waals surface area (Å²) in [6, 6.07) is 19.9. The lowest BCUT2D eigenvalue weighted by Crippen LogP contribution is -2.68. The Bertz CT molecular complexity index is 978. The first kappa shape index (κ1) is 27.7. The van der Waals surface area contributed by atoms with E-state index in [9.17, 15) is 14.7 Å². The number of hydrogen-bond acceptors (Lipinski definition) is 4. The van der Waals surface area contributed by atoms with Gasteiger partial charge < -0.3 is 24.9 Å². The molecular formula is C28H40N2O5Si. The summed E-state index contributed by atoms with van der Waals surface area (Å²) in [5.41, 5.74) is -0.636. The van der Waals surface area contributed by atoms with E-state index in [4.69, 9.17) is 9.16 Å². The fourth-order valence-electron chi connectivity index (χ4n) is 5.13. The van der Waals surface area contributed by atoms with Crippen LogP contribution in [0.2, 0.25) is 5.04 Å². The van der Waals surface area contributed by atoms with Crippen molar-refractivity contribution in [2.45, 2.75) is 89.6 Å². The molecule has 0 radical (unpaired) electrons. The van der Waals surface area contributed by atoms with Gasteiger partial charge in [-0.25, -0.2) is 9.59 Å². The van der Waals surface area contributed by atoms with Crippen LogP contribution in [0.1, 0.15) is 60.8 Å². The molecule has 3 rings (SSSR count). The predicted molar refractivity (Wildman–Crippen MR) is 144 cm³/mol. The van der Waals surface area contributed by atoms with E-state index in [1.165, 1.54) is 10.4 Å². The first-order valence-electron chi connectivity index (χ1n) is 12.6. The quantitative estimate of drug-likeness (QED) is 0.490. The number of amides is 2. The first-order valence-corrected chi connectivity index (χ1v) is 14.5. The van der Waals surface area contributed by atoms with Gasteiger partial charge in [-0.3, -0.25) is 0 Å². The molecule has 2 aromatic rings. The normalized spacial score (nSPS) is 20.9. The molecule has 3 N–H and O–H groups in total. The Balaban J connectivity index is 1.92. The lowest BCUT2D eigenvalue weighted by Gasteiger charge is -2.47. The third kappa shape index (κ3) is 6.67. The van der Waals surface area contributed by atoms with Gasteiger partial charge >= 0.3 is 12.2 Å². The number of nitrogens with one attached hydrogen (secondary N) is 2. The van der Waals surface area contributed by atoms with Gasteiger partial charge in [0, 0.05) is 6.10 Å². The van der Waals surface area contributed by atoms with E-state index in [-0.39, 0.29) is 17.2 Å². The van der Waals surface area contributed by atoms with Crippen molar-refractivity contribution in [3.05, 3.63) is 60.7 Å². The number of carboxylic acid groups (broad SMARTS) is 1. The average Bonchev–Trinajstić information content (AvgIpc) is 2.78. The van der Waals surface area contributed by atoms with Crippen molar-refractivity contribution < 1.29 is 23.9 Å². The smallest absolute Gasteiger partial charge is 0.407 e. The Hall–Kier alpha value is -2.84. The molecule has 0 saturated heterocycles. The summed E-state index contributed by atoms with van der Waals surface area (Å²) >= 11 is 0. The van der Waals surface area contributed by atoms with E-state index in [1.54, 1.807) is 20.8 Å². The monoisotopic (exact) mass is 512 g/mol. The van der Waals surface area contributed by atoms with E-state index in [0.29, 0.717) is 19.3 Å². The highest BCUT2D eigenvalue weighted by Gasteiger charge is 2.52. The van der Waals surface area contributed by atoms with Gasteiger partial charge in [-0.05, 0) is 55.4 Å². The Morgan fingerprint density at radius 3 is 1.81 bits per heavy atom. The molecule has 3 atom stereocenters. The van der Waals surface area contributed by atoms with Crippen LogP contribution in [0.4, 0.5) is 9.59 Å². The van der Waals surface area contributed by atoms with Gasteiger partial charge in [0.25, 0.3) is 8.32 Å². The number of rotatable bonds is 6. The molecule has 1 saturated carbocycles. The molecule has 8 heteroatoms. The van der Waals surface area contributed by atoms with Gasteiger partial charge in [0.05, 0.1) is 12.1 Å². The summed E-state index contributed by atoms with van der Waals surface area (Å²) in [7, 11) is -2.78. The minimum Gasteiger partial charge on any atom is -0.465 e. The number of carbonyl (C=O) groups is 2. The van der Waals surface area contributed by atoms with Crippen molar-refractivity contribution in [2.24, 2.45) is 0 Å². The third-order valence-corrected chi connectivity index (χ3v) is 11.7. The molecule has 3 unspecified atom stereocenters. The maximum absolute atomic E-state index is 12.4. The highest BCUT2D eigenvalue weighted by molar-refractivity contribution is 6.99. The second-order valence-corrected chi connectivity index (χ2v) is 15.8. The van der Waals surface area contributed by atoms with E-state index in [2.05, 4.69) is 55.7 Å². The molecule has 36 heavy (non-hydrogen) atoms. The lowest BCUT2D eigenvalue weighted by atomic mass is 9.88. The summed E-state index contributed by atoms with van der Waals surface area (Å²) in [6.07, 6.45) is -0.115. The second-order valence-electron chi connectivity index (χ2n) is 11.5. The highest BCUT2D eigenvalue weighted by Crippen LogP contribution is 2.39. The van der Waals surface area contributed by atoms with Gasteiger partial charge in [-0.1, -0.05) is 81.4 Å². The summed E-state index contributed by atoms with van der Waals surface area (Å²) in [4.78, 5) is 24.1. The molecule has 196 valence electrons. The molecule has 1 aliphatic rings. The molecule has 2 amide bonds. The number of benzene rings is 2. The van der Waals surface area contributed by atoms with E-state index >= 15 is 0 Å². The van der Waals surface area contributed by atoms with Gasteiger partial charge in [0.15, 0.2) is 0 Å². The van der Waals surface area contributed by atoms with Crippen LogP contribution >= 0.6 is 0 Å². The average molecular weight is 513 g/mol. The Morgan fingerprint density at radius 2 is 1.36 bits per heavy atom. The maximum atomic E-state index is 12.4. The van der Waals surface area contributed by atoms with Crippen molar-refractivity contribution >= 4 is 30.9 Å². The van der Waals surface area contributed by atoms with Crippen molar-refractivity contribution in [3.8, 4) is 0 Å². The summed E-state index contributed by atoms with van der Waals surface area (Å²) < 4.78 is 12.6. The molecule has 7 nitrogen and oxygen atoms in total. The number of ether oxygens (including phenoxy) is 1. The second kappa shape index (κ2) is 11.0. The van der Waals surface area contributed by atoms with Crippen LogP contribution in [0.5, 0.6) is 0 Å².